The van der Waals surface area contributed by atoms with E-state index in [-0.39, 0.29) is 5.69 Å². The van der Waals surface area contributed by atoms with Crippen LogP contribution >= 0.6 is 0 Å². The van der Waals surface area contributed by atoms with E-state index in [0.717, 1.165) is 25.3 Å². The Balaban J connectivity index is 1.75. The molecule has 0 aliphatic carbocycles. The molecule has 1 aliphatic rings. The Morgan fingerprint density at radius 1 is 1.26 bits per heavy atom. The monoisotopic (exact) mass is 318 g/mol. The number of hydrogen-bond acceptors (Lipinski definition) is 6. The standard InChI is InChI=1S/C15H18N4O4/c1-22-14-5-11-3-4-17(8-12(11)6-15(14)23-2)10-18-9-13(7-16-18)19(20)21/h5-7,9H,3-4,8,10H2,1-2H3. The van der Waals surface area contributed by atoms with Crippen LogP contribution in [0.15, 0.2) is 24.5 Å². The number of fused-ring (bicyclic) bond motifs is 1. The fourth-order valence-electron chi connectivity index (χ4n) is 2.79. The second-order valence-electron chi connectivity index (χ2n) is 5.41. The zero-order chi connectivity index (χ0) is 16.4. The average molecular weight is 318 g/mol. The minimum Gasteiger partial charge on any atom is -0.493 e. The van der Waals surface area contributed by atoms with Gasteiger partial charge in [-0.05, 0) is 29.7 Å². The maximum atomic E-state index is 10.7. The lowest BCUT2D eigenvalue weighted by Crippen LogP contribution is -2.32. The normalized spacial score (nSPS) is 14.3. The van der Waals surface area contributed by atoms with Crippen LogP contribution in [0, 0.1) is 10.1 Å². The van der Waals surface area contributed by atoms with Gasteiger partial charge in [0.05, 0.1) is 25.8 Å². The van der Waals surface area contributed by atoms with Crippen molar-refractivity contribution in [2.75, 3.05) is 20.8 Å². The Hall–Kier alpha value is -2.61. The summed E-state index contributed by atoms with van der Waals surface area (Å²) >= 11 is 0. The van der Waals surface area contributed by atoms with Gasteiger partial charge in [-0.15, -0.1) is 0 Å². The molecule has 2 aromatic rings. The van der Waals surface area contributed by atoms with Crippen LogP contribution in [-0.4, -0.2) is 40.4 Å². The molecule has 0 N–H and O–H groups in total. The van der Waals surface area contributed by atoms with Crippen molar-refractivity contribution in [2.24, 2.45) is 0 Å². The molecule has 0 radical (unpaired) electrons. The molecule has 8 heteroatoms. The van der Waals surface area contributed by atoms with Crippen molar-refractivity contribution in [1.29, 1.82) is 0 Å². The maximum Gasteiger partial charge on any atom is 0.307 e. The molecule has 2 heterocycles. The number of benzene rings is 1. The third-order valence-corrected chi connectivity index (χ3v) is 3.97. The van der Waals surface area contributed by atoms with E-state index >= 15 is 0 Å². The quantitative estimate of drug-likeness (QED) is 0.618. The number of hydrogen-bond donors (Lipinski definition) is 0. The smallest absolute Gasteiger partial charge is 0.307 e. The summed E-state index contributed by atoms with van der Waals surface area (Å²) in [5.41, 5.74) is 2.43. The van der Waals surface area contributed by atoms with Gasteiger partial charge in [0.2, 0.25) is 0 Å². The van der Waals surface area contributed by atoms with Crippen LogP contribution in [0.2, 0.25) is 0 Å². The highest BCUT2D eigenvalue weighted by molar-refractivity contribution is 5.48. The van der Waals surface area contributed by atoms with Crippen LogP contribution in [0.3, 0.4) is 0 Å². The molecular formula is C15H18N4O4. The van der Waals surface area contributed by atoms with Crippen molar-refractivity contribution in [2.45, 2.75) is 19.6 Å². The zero-order valence-electron chi connectivity index (χ0n) is 13.1. The molecule has 1 aromatic heterocycles. The molecule has 8 nitrogen and oxygen atoms in total. The van der Waals surface area contributed by atoms with E-state index in [1.807, 2.05) is 12.1 Å². The molecule has 122 valence electrons. The van der Waals surface area contributed by atoms with Gasteiger partial charge in [0, 0.05) is 13.1 Å². The first-order chi connectivity index (χ1) is 11.1. The molecule has 1 aromatic carbocycles. The third kappa shape index (κ3) is 3.11. The molecule has 0 spiro atoms. The predicted octanol–water partition coefficient (Wildman–Crippen LogP) is 1.82. The van der Waals surface area contributed by atoms with Crippen molar-refractivity contribution >= 4 is 5.69 Å². The number of nitro groups is 1. The van der Waals surface area contributed by atoms with Gasteiger partial charge >= 0.3 is 5.69 Å². The first-order valence-electron chi connectivity index (χ1n) is 7.23. The molecular weight excluding hydrogens is 300 g/mol. The van der Waals surface area contributed by atoms with E-state index in [9.17, 15) is 10.1 Å². The van der Waals surface area contributed by atoms with Crippen LogP contribution in [0.1, 0.15) is 11.1 Å². The molecule has 0 unspecified atom stereocenters. The summed E-state index contributed by atoms with van der Waals surface area (Å²) in [6, 6.07) is 4.01. The fourth-order valence-corrected chi connectivity index (χ4v) is 2.79. The van der Waals surface area contributed by atoms with E-state index in [4.69, 9.17) is 9.47 Å². The number of nitrogens with zero attached hydrogens (tertiary/aromatic N) is 4. The average Bonchev–Trinajstić information content (AvgIpc) is 3.02. The molecule has 0 atom stereocenters. The second kappa shape index (κ2) is 6.25. The summed E-state index contributed by atoms with van der Waals surface area (Å²) in [5, 5.41) is 14.8. The molecule has 0 saturated heterocycles. The van der Waals surface area contributed by atoms with Crippen molar-refractivity contribution < 1.29 is 14.4 Å². The topological polar surface area (TPSA) is 82.7 Å². The summed E-state index contributed by atoms with van der Waals surface area (Å²) < 4.78 is 12.3. The van der Waals surface area contributed by atoms with Crippen molar-refractivity contribution in [1.82, 2.24) is 14.7 Å². The highest BCUT2D eigenvalue weighted by atomic mass is 16.6. The van der Waals surface area contributed by atoms with E-state index in [2.05, 4.69) is 10.00 Å². The fraction of sp³-hybridized carbons (Fsp3) is 0.400. The molecule has 23 heavy (non-hydrogen) atoms. The van der Waals surface area contributed by atoms with Crippen LogP contribution in [-0.2, 0) is 19.6 Å². The Kier molecular flexibility index (Phi) is 4.16. The Morgan fingerprint density at radius 3 is 2.57 bits per heavy atom. The summed E-state index contributed by atoms with van der Waals surface area (Å²) in [5.74, 6) is 1.45. The summed E-state index contributed by atoms with van der Waals surface area (Å²) in [7, 11) is 3.25. The van der Waals surface area contributed by atoms with Gasteiger partial charge in [-0.25, -0.2) is 0 Å². The highest BCUT2D eigenvalue weighted by Crippen LogP contribution is 2.33. The highest BCUT2D eigenvalue weighted by Gasteiger charge is 2.20. The maximum absolute atomic E-state index is 10.7. The van der Waals surface area contributed by atoms with E-state index in [1.54, 1.807) is 18.9 Å². The zero-order valence-corrected chi connectivity index (χ0v) is 13.1. The van der Waals surface area contributed by atoms with E-state index in [0.29, 0.717) is 12.4 Å². The van der Waals surface area contributed by atoms with Gasteiger partial charge in [-0.1, -0.05) is 0 Å². The number of ether oxygens (including phenoxy) is 2. The molecule has 3 rings (SSSR count). The Bertz CT molecular complexity index is 728. The summed E-state index contributed by atoms with van der Waals surface area (Å²) in [6.45, 7) is 2.11. The van der Waals surface area contributed by atoms with Crippen LogP contribution in [0.4, 0.5) is 5.69 Å². The third-order valence-electron chi connectivity index (χ3n) is 3.97. The van der Waals surface area contributed by atoms with Crippen LogP contribution < -0.4 is 9.47 Å². The van der Waals surface area contributed by atoms with E-state index < -0.39 is 4.92 Å². The van der Waals surface area contributed by atoms with Gasteiger partial charge in [-0.3, -0.25) is 19.7 Å². The first-order valence-corrected chi connectivity index (χ1v) is 7.23. The lowest BCUT2D eigenvalue weighted by Gasteiger charge is -2.29. The van der Waals surface area contributed by atoms with Gasteiger partial charge in [0.1, 0.15) is 12.4 Å². The van der Waals surface area contributed by atoms with Gasteiger partial charge < -0.3 is 9.47 Å². The minimum absolute atomic E-state index is 0.00816. The van der Waals surface area contributed by atoms with Gasteiger partial charge in [0.15, 0.2) is 11.5 Å². The summed E-state index contributed by atoms with van der Waals surface area (Å²) in [4.78, 5) is 12.5. The number of rotatable bonds is 5. The van der Waals surface area contributed by atoms with Gasteiger partial charge in [-0.2, -0.15) is 5.10 Å². The van der Waals surface area contributed by atoms with Crippen molar-refractivity contribution in [3.8, 4) is 11.5 Å². The molecule has 1 aliphatic heterocycles. The SMILES string of the molecule is COc1cc2c(cc1OC)CN(Cn1cc([N+](=O)[O-])cn1)CC2. The van der Waals surface area contributed by atoms with E-state index in [1.165, 1.54) is 23.5 Å². The lowest BCUT2D eigenvalue weighted by molar-refractivity contribution is -0.385. The second-order valence-corrected chi connectivity index (χ2v) is 5.41. The van der Waals surface area contributed by atoms with Crippen LogP contribution in [0.5, 0.6) is 11.5 Å². The first kappa shape index (κ1) is 15.3. The molecule has 0 fully saturated rings. The summed E-state index contributed by atoms with van der Waals surface area (Å²) in [6.07, 6.45) is 3.61. The Morgan fingerprint density at radius 2 is 1.96 bits per heavy atom. The number of aromatic nitrogens is 2. The van der Waals surface area contributed by atoms with Gasteiger partial charge in [0.25, 0.3) is 0 Å². The molecule has 0 amide bonds. The largest absolute Gasteiger partial charge is 0.493 e. The van der Waals surface area contributed by atoms with Crippen LogP contribution in [0.25, 0.3) is 0 Å². The molecule has 0 bridgehead atoms. The van der Waals surface area contributed by atoms with Crippen molar-refractivity contribution in [3.63, 3.8) is 0 Å². The molecule has 0 saturated carbocycles. The predicted molar refractivity (Wildman–Crippen MR) is 82.5 cm³/mol. The Labute approximate surface area is 133 Å². The number of methoxy groups -OCH3 is 2. The lowest BCUT2D eigenvalue weighted by atomic mass is 9.99. The minimum atomic E-state index is -0.438. The van der Waals surface area contributed by atoms with Crippen molar-refractivity contribution in [3.05, 3.63) is 45.8 Å².